The summed E-state index contributed by atoms with van der Waals surface area (Å²) in [6, 6.07) is 5.62. The summed E-state index contributed by atoms with van der Waals surface area (Å²) >= 11 is 0. The monoisotopic (exact) mass is 259 g/mol. The van der Waals surface area contributed by atoms with Crippen molar-refractivity contribution in [3.05, 3.63) is 35.6 Å². The lowest BCUT2D eigenvalue weighted by Gasteiger charge is -2.11. The predicted molar refractivity (Wildman–Crippen MR) is 62.6 cm³/mol. The standard InChI is InChI=1S/C11H14FNO3S/c1-8(11(14)13-2)17(15,16)7-9-5-3-4-6-10(9)12/h3-6,8H,7H2,1-2H3,(H,13,14)/t8-/m0/s1. The zero-order valence-corrected chi connectivity index (χ0v) is 10.4. The first-order chi connectivity index (χ1) is 7.88. The van der Waals surface area contributed by atoms with Crippen molar-refractivity contribution in [2.24, 2.45) is 0 Å². The SMILES string of the molecule is CNC(=O)[C@H](C)S(=O)(=O)Cc1ccccc1F. The van der Waals surface area contributed by atoms with Gasteiger partial charge >= 0.3 is 0 Å². The highest BCUT2D eigenvalue weighted by Gasteiger charge is 2.28. The Kier molecular flexibility index (Phi) is 4.22. The van der Waals surface area contributed by atoms with Gasteiger partial charge in [-0.25, -0.2) is 12.8 Å². The van der Waals surface area contributed by atoms with E-state index < -0.39 is 32.6 Å². The molecule has 0 aliphatic heterocycles. The van der Waals surface area contributed by atoms with Crippen LogP contribution in [-0.4, -0.2) is 26.6 Å². The van der Waals surface area contributed by atoms with E-state index in [-0.39, 0.29) is 5.56 Å². The Balaban J connectivity index is 2.95. The summed E-state index contributed by atoms with van der Waals surface area (Å²) in [6.45, 7) is 1.29. The van der Waals surface area contributed by atoms with Gasteiger partial charge in [0, 0.05) is 12.6 Å². The van der Waals surface area contributed by atoms with Gasteiger partial charge in [-0.1, -0.05) is 18.2 Å². The molecule has 17 heavy (non-hydrogen) atoms. The zero-order valence-electron chi connectivity index (χ0n) is 9.60. The van der Waals surface area contributed by atoms with Gasteiger partial charge < -0.3 is 5.32 Å². The van der Waals surface area contributed by atoms with E-state index in [4.69, 9.17) is 0 Å². The molecule has 1 atom stereocenters. The third kappa shape index (κ3) is 3.26. The zero-order chi connectivity index (χ0) is 13.1. The summed E-state index contributed by atoms with van der Waals surface area (Å²) in [4.78, 5) is 11.2. The lowest BCUT2D eigenvalue weighted by atomic mass is 10.2. The average Bonchev–Trinajstić information content (AvgIpc) is 2.30. The fraction of sp³-hybridized carbons (Fsp3) is 0.364. The van der Waals surface area contributed by atoms with E-state index in [1.807, 2.05) is 0 Å². The van der Waals surface area contributed by atoms with Gasteiger partial charge in [-0.05, 0) is 13.0 Å². The topological polar surface area (TPSA) is 63.2 Å². The van der Waals surface area contributed by atoms with Crippen molar-refractivity contribution in [2.45, 2.75) is 17.9 Å². The second-order valence-electron chi connectivity index (χ2n) is 3.66. The van der Waals surface area contributed by atoms with Crippen LogP contribution in [0.1, 0.15) is 12.5 Å². The molecule has 0 aromatic heterocycles. The third-order valence-electron chi connectivity index (χ3n) is 2.47. The smallest absolute Gasteiger partial charge is 0.237 e. The number of amides is 1. The number of hydrogen-bond donors (Lipinski definition) is 1. The second-order valence-corrected chi connectivity index (χ2v) is 5.98. The number of sulfone groups is 1. The van der Waals surface area contributed by atoms with Crippen molar-refractivity contribution in [3.63, 3.8) is 0 Å². The highest BCUT2D eigenvalue weighted by Crippen LogP contribution is 2.14. The summed E-state index contributed by atoms with van der Waals surface area (Å²) in [6.07, 6.45) is 0. The molecule has 0 spiro atoms. The van der Waals surface area contributed by atoms with Crippen LogP contribution < -0.4 is 5.32 Å². The maximum absolute atomic E-state index is 13.3. The largest absolute Gasteiger partial charge is 0.358 e. The van der Waals surface area contributed by atoms with E-state index in [9.17, 15) is 17.6 Å². The first-order valence-electron chi connectivity index (χ1n) is 5.05. The molecule has 1 aromatic carbocycles. The summed E-state index contributed by atoms with van der Waals surface area (Å²) < 4.78 is 37.0. The third-order valence-corrected chi connectivity index (χ3v) is 4.47. The Morgan fingerprint density at radius 3 is 2.53 bits per heavy atom. The lowest BCUT2D eigenvalue weighted by molar-refractivity contribution is -0.119. The van der Waals surface area contributed by atoms with Crippen LogP contribution in [0.3, 0.4) is 0 Å². The number of halogens is 1. The van der Waals surface area contributed by atoms with Crippen molar-refractivity contribution < 1.29 is 17.6 Å². The number of nitrogens with one attached hydrogen (secondary N) is 1. The minimum Gasteiger partial charge on any atom is -0.358 e. The number of carbonyl (C=O) groups excluding carboxylic acids is 1. The van der Waals surface area contributed by atoms with Crippen molar-refractivity contribution in [2.75, 3.05) is 7.05 Å². The van der Waals surface area contributed by atoms with E-state index >= 15 is 0 Å². The highest BCUT2D eigenvalue weighted by atomic mass is 32.2. The molecule has 0 aliphatic carbocycles. The molecule has 0 fully saturated rings. The van der Waals surface area contributed by atoms with Gasteiger partial charge in [-0.3, -0.25) is 4.79 Å². The number of hydrogen-bond acceptors (Lipinski definition) is 3. The van der Waals surface area contributed by atoms with E-state index in [0.29, 0.717) is 0 Å². The predicted octanol–water partition coefficient (Wildman–Crippen LogP) is 0.875. The van der Waals surface area contributed by atoms with Crippen molar-refractivity contribution >= 4 is 15.7 Å². The molecule has 4 nitrogen and oxygen atoms in total. The van der Waals surface area contributed by atoms with E-state index in [2.05, 4.69) is 5.32 Å². The van der Waals surface area contributed by atoms with Crippen molar-refractivity contribution in [3.8, 4) is 0 Å². The van der Waals surface area contributed by atoms with Crippen LogP contribution in [0.5, 0.6) is 0 Å². The quantitative estimate of drug-likeness (QED) is 0.873. The van der Waals surface area contributed by atoms with Crippen LogP contribution in [0, 0.1) is 5.82 Å². The summed E-state index contributed by atoms with van der Waals surface area (Å²) in [5, 5.41) is 1.07. The molecule has 0 saturated carbocycles. The maximum Gasteiger partial charge on any atom is 0.237 e. The molecule has 1 amide bonds. The first-order valence-corrected chi connectivity index (χ1v) is 6.76. The normalized spacial score (nSPS) is 13.1. The molecule has 0 unspecified atom stereocenters. The van der Waals surface area contributed by atoms with Gasteiger partial charge in [0.1, 0.15) is 11.1 Å². The van der Waals surface area contributed by atoms with Crippen LogP contribution in [0.2, 0.25) is 0 Å². The van der Waals surface area contributed by atoms with Crippen LogP contribution in [0.4, 0.5) is 4.39 Å². The highest BCUT2D eigenvalue weighted by molar-refractivity contribution is 7.92. The molecule has 1 N–H and O–H groups in total. The Bertz CT molecular complexity index is 513. The number of benzene rings is 1. The summed E-state index contributed by atoms with van der Waals surface area (Å²) in [7, 11) is -2.34. The van der Waals surface area contributed by atoms with Gasteiger partial charge in [-0.15, -0.1) is 0 Å². The number of rotatable bonds is 4. The summed E-state index contributed by atoms with van der Waals surface area (Å²) in [5.74, 6) is -1.66. The molecule has 1 rings (SSSR count). The molecule has 0 radical (unpaired) electrons. The molecule has 94 valence electrons. The van der Waals surface area contributed by atoms with Crippen molar-refractivity contribution in [1.29, 1.82) is 0 Å². The van der Waals surface area contributed by atoms with Gasteiger partial charge in [-0.2, -0.15) is 0 Å². The Hall–Kier alpha value is -1.43. The molecule has 1 aromatic rings. The number of carbonyl (C=O) groups is 1. The van der Waals surface area contributed by atoms with Gasteiger partial charge in [0.15, 0.2) is 9.84 Å². The Labute approximate surface area is 99.8 Å². The maximum atomic E-state index is 13.3. The van der Waals surface area contributed by atoms with Crippen molar-refractivity contribution in [1.82, 2.24) is 5.32 Å². The second kappa shape index (κ2) is 5.27. The molecular formula is C11H14FNO3S. The van der Waals surface area contributed by atoms with Gasteiger partial charge in [0.25, 0.3) is 0 Å². The summed E-state index contributed by atoms with van der Waals surface area (Å²) in [5.41, 5.74) is 0.0725. The van der Waals surface area contributed by atoms with Crippen LogP contribution in [-0.2, 0) is 20.4 Å². The van der Waals surface area contributed by atoms with Gasteiger partial charge in [0.2, 0.25) is 5.91 Å². The fourth-order valence-electron chi connectivity index (χ4n) is 1.32. The van der Waals surface area contributed by atoms with E-state index in [1.165, 1.54) is 32.2 Å². The minimum atomic E-state index is -3.70. The van der Waals surface area contributed by atoms with Crippen LogP contribution in [0.15, 0.2) is 24.3 Å². The lowest BCUT2D eigenvalue weighted by Crippen LogP contribution is -2.36. The molecule has 0 heterocycles. The van der Waals surface area contributed by atoms with Crippen LogP contribution >= 0.6 is 0 Å². The fourth-order valence-corrected chi connectivity index (χ4v) is 2.69. The van der Waals surface area contributed by atoms with Crippen LogP contribution in [0.25, 0.3) is 0 Å². The minimum absolute atomic E-state index is 0.0725. The Morgan fingerprint density at radius 1 is 1.41 bits per heavy atom. The average molecular weight is 259 g/mol. The molecule has 0 aliphatic rings. The van der Waals surface area contributed by atoms with E-state index in [1.54, 1.807) is 6.07 Å². The molecule has 6 heteroatoms. The molecule has 0 bridgehead atoms. The van der Waals surface area contributed by atoms with Gasteiger partial charge in [0.05, 0.1) is 5.75 Å². The Morgan fingerprint density at radius 2 is 2.00 bits per heavy atom. The molecular weight excluding hydrogens is 245 g/mol. The first kappa shape index (κ1) is 13.6. The molecule has 0 saturated heterocycles. The van der Waals surface area contributed by atoms with E-state index in [0.717, 1.165) is 0 Å².